The van der Waals surface area contributed by atoms with Gasteiger partial charge >= 0.3 is 0 Å². The van der Waals surface area contributed by atoms with Gasteiger partial charge in [0.1, 0.15) is 6.29 Å². The number of hydrogen-bond acceptors (Lipinski definition) is 3. The van der Waals surface area contributed by atoms with Crippen LogP contribution in [0.25, 0.3) is 0 Å². The van der Waals surface area contributed by atoms with E-state index < -0.39 is 0 Å². The standard InChI is InChI=1S/C13H23NO2/c15-11-13(6-9-16-12-13)10-14-7-4-2-1-3-5-8-14/h11H,1-10,12H2. The lowest BCUT2D eigenvalue weighted by Gasteiger charge is -2.31. The first kappa shape index (κ1) is 12.1. The van der Waals surface area contributed by atoms with E-state index in [2.05, 4.69) is 4.90 Å². The topological polar surface area (TPSA) is 29.5 Å². The molecule has 2 rings (SSSR count). The van der Waals surface area contributed by atoms with Crippen molar-refractivity contribution in [3.05, 3.63) is 0 Å². The largest absolute Gasteiger partial charge is 0.380 e. The zero-order valence-corrected chi connectivity index (χ0v) is 10.1. The van der Waals surface area contributed by atoms with E-state index in [1.165, 1.54) is 32.1 Å². The molecule has 1 atom stereocenters. The average Bonchev–Trinajstić information content (AvgIpc) is 2.71. The van der Waals surface area contributed by atoms with E-state index >= 15 is 0 Å². The minimum absolute atomic E-state index is 0.195. The van der Waals surface area contributed by atoms with Gasteiger partial charge in [0, 0.05) is 13.2 Å². The van der Waals surface area contributed by atoms with E-state index in [0.717, 1.165) is 38.9 Å². The number of hydrogen-bond donors (Lipinski definition) is 0. The van der Waals surface area contributed by atoms with E-state index in [4.69, 9.17) is 4.74 Å². The van der Waals surface area contributed by atoms with Gasteiger partial charge in [-0.05, 0) is 32.4 Å². The molecule has 2 saturated heterocycles. The third kappa shape index (κ3) is 3.05. The summed E-state index contributed by atoms with van der Waals surface area (Å²) >= 11 is 0. The Morgan fingerprint density at radius 1 is 1.12 bits per heavy atom. The van der Waals surface area contributed by atoms with Crippen LogP contribution in [0.15, 0.2) is 0 Å². The van der Waals surface area contributed by atoms with Gasteiger partial charge in [0.2, 0.25) is 0 Å². The number of rotatable bonds is 3. The van der Waals surface area contributed by atoms with Crippen LogP contribution in [0.3, 0.4) is 0 Å². The second-order valence-corrected chi connectivity index (χ2v) is 5.33. The molecular weight excluding hydrogens is 202 g/mol. The Morgan fingerprint density at radius 3 is 2.38 bits per heavy atom. The summed E-state index contributed by atoms with van der Waals surface area (Å²) in [5.74, 6) is 0. The molecule has 2 fully saturated rings. The SMILES string of the molecule is O=CC1(CN2CCCCCCC2)CCOC1. The summed E-state index contributed by atoms with van der Waals surface area (Å²) in [5, 5.41) is 0. The van der Waals surface area contributed by atoms with Gasteiger partial charge in [-0.1, -0.05) is 19.3 Å². The Balaban J connectivity index is 1.87. The maximum atomic E-state index is 11.2. The minimum Gasteiger partial charge on any atom is -0.380 e. The summed E-state index contributed by atoms with van der Waals surface area (Å²) in [5.41, 5.74) is -0.195. The van der Waals surface area contributed by atoms with Gasteiger partial charge in [0.05, 0.1) is 12.0 Å². The molecule has 0 saturated carbocycles. The summed E-state index contributed by atoms with van der Waals surface area (Å²) < 4.78 is 5.39. The number of nitrogens with zero attached hydrogens (tertiary/aromatic N) is 1. The van der Waals surface area contributed by atoms with Crippen LogP contribution < -0.4 is 0 Å². The third-order valence-corrected chi connectivity index (χ3v) is 3.87. The Bertz CT molecular complexity index is 216. The first-order valence-corrected chi connectivity index (χ1v) is 6.61. The summed E-state index contributed by atoms with van der Waals surface area (Å²) in [6.07, 6.45) is 8.70. The highest BCUT2D eigenvalue weighted by molar-refractivity contribution is 5.60. The Kier molecular flexibility index (Phi) is 4.36. The maximum absolute atomic E-state index is 11.2. The highest BCUT2D eigenvalue weighted by Gasteiger charge is 2.36. The van der Waals surface area contributed by atoms with Gasteiger partial charge in [0.15, 0.2) is 0 Å². The van der Waals surface area contributed by atoms with Crippen LogP contribution >= 0.6 is 0 Å². The average molecular weight is 225 g/mol. The van der Waals surface area contributed by atoms with Crippen molar-refractivity contribution in [2.24, 2.45) is 5.41 Å². The van der Waals surface area contributed by atoms with Crippen LogP contribution in [0.5, 0.6) is 0 Å². The van der Waals surface area contributed by atoms with Crippen molar-refractivity contribution in [2.45, 2.75) is 38.5 Å². The number of aldehydes is 1. The fraction of sp³-hybridized carbons (Fsp3) is 0.923. The molecule has 0 spiro atoms. The van der Waals surface area contributed by atoms with E-state index in [1.807, 2.05) is 0 Å². The van der Waals surface area contributed by atoms with Crippen molar-refractivity contribution in [1.82, 2.24) is 4.90 Å². The fourth-order valence-electron chi connectivity index (χ4n) is 2.79. The second kappa shape index (κ2) is 5.78. The van der Waals surface area contributed by atoms with Crippen LogP contribution in [-0.4, -0.2) is 44.0 Å². The molecule has 0 aromatic rings. The van der Waals surface area contributed by atoms with Crippen LogP contribution in [0.4, 0.5) is 0 Å². The normalized spacial score (nSPS) is 33.2. The van der Waals surface area contributed by atoms with Gasteiger partial charge < -0.3 is 14.4 Å². The van der Waals surface area contributed by atoms with Gasteiger partial charge in [-0.3, -0.25) is 0 Å². The van der Waals surface area contributed by atoms with E-state index in [9.17, 15) is 4.79 Å². The number of carbonyl (C=O) groups is 1. The van der Waals surface area contributed by atoms with Gasteiger partial charge in [-0.15, -0.1) is 0 Å². The molecule has 3 nitrogen and oxygen atoms in total. The molecule has 0 aromatic carbocycles. The van der Waals surface area contributed by atoms with Crippen LogP contribution in [0, 0.1) is 5.41 Å². The molecule has 2 aliphatic rings. The van der Waals surface area contributed by atoms with Crippen molar-refractivity contribution in [3.63, 3.8) is 0 Å². The molecule has 0 aliphatic carbocycles. The molecule has 2 aliphatic heterocycles. The Morgan fingerprint density at radius 2 is 1.81 bits per heavy atom. The van der Waals surface area contributed by atoms with E-state index in [-0.39, 0.29) is 5.41 Å². The number of ether oxygens (including phenoxy) is 1. The van der Waals surface area contributed by atoms with E-state index in [1.54, 1.807) is 0 Å². The Labute approximate surface area is 98.1 Å². The Hall–Kier alpha value is -0.410. The van der Waals surface area contributed by atoms with Crippen molar-refractivity contribution < 1.29 is 9.53 Å². The predicted molar refractivity (Wildman–Crippen MR) is 63.5 cm³/mol. The van der Waals surface area contributed by atoms with Crippen LogP contribution in [-0.2, 0) is 9.53 Å². The monoisotopic (exact) mass is 225 g/mol. The lowest BCUT2D eigenvalue weighted by molar-refractivity contribution is -0.117. The molecule has 0 aromatic heterocycles. The van der Waals surface area contributed by atoms with Crippen LogP contribution in [0.2, 0.25) is 0 Å². The lowest BCUT2D eigenvalue weighted by Crippen LogP contribution is -2.40. The number of carbonyl (C=O) groups excluding carboxylic acids is 1. The number of likely N-dealkylation sites (tertiary alicyclic amines) is 1. The molecule has 92 valence electrons. The molecule has 1 unspecified atom stereocenters. The second-order valence-electron chi connectivity index (χ2n) is 5.33. The first-order chi connectivity index (χ1) is 7.85. The van der Waals surface area contributed by atoms with E-state index in [0.29, 0.717) is 6.61 Å². The zero-order valence-electron chi connectivity index (χ0n) is 10.1. The predicted octanol–water partition coefficient (Wildman–Crippen LogP) is 1.86. The first-order valence-electron chi connectivity index (χ1n) is 6.61. The summed E-state index contributed by atoms with van der Waals surface area (Å²) in [6.45, 7) is 4.63. The molecule has 0 bridgehead atoms. The highest BCUT2D eigenvalue weighted by Crippen LogP contribution is 2.28. The molecular formula is C13H23NO2. The minimum atomic E-state index is -0.195. The maximum Gasteiger partial charge on any atom is 0.129 e. The summed E-state index contributed by atoms with van der Waals surface area (Å²) in [4.78, 5) is 13.7. The van der Waals surface area contributed by atoms with Crippen LogP contribution in [0.1, 0.15) is 38.5 Å². The fourth-order valence-corrected chi connectivity index (χ4v) is 2.79. The van der Waals surface area contributed by atoms with Crippen molar-refractivity contribution in [1.29, 1.82) is 0 Å². The molecule has 0 radical (unpaired) electrons. The summed E-state index contributed by atoms with van der Waals surface area (Å²) in [6, 6.07) is 0. The molecule has 0 N–H and O–H groups in total. The summed E-state index contributed by atoms with van der Waals surface area (Å²) in [7, 11) is 0. The molecule has 0 amide bonds. The smallest absolute Gasteiger partial charge is 0.129 e. The van der Waals surface area contributed by atoms with Crippen molar-refractivity contribution in [2.75, 3.05) is 32.8 Å². The highest BCUT2D eigenvalue weighted by atomic mass is 16.5. The van der Waals surface area contributed by atoms with Gasteiger partial charge in [-0.25, -0.2) is 0 Å². The molecule has 16 heavy (non-hydrogen) atoms. The van der Waals surface area contributed by atoms with Crippen molar-refractivity contribution in [3.8, 4) is 0 Å². The quantitative estimate of drug-likeness (QED) is 0.687. The van der Waals surface area contributed by atoms with Crippen molar-refractivity contribution >= 4 is 6.29 Å². The third-order valence-electron chi connectivity index (χ3n) is 3.87. The lowest BCUT2D eigenvalue weighted by atomic mass is 9.88. The molecule has 3 heteroatoms. The molecule has 2 heterocycles. The zero-order chi connectivity index (χ0) is 11.3. The van der Waals surface area contributed by atoms with Gasteiger partial charge in [-0.2, -0.15) is 0 Å². The van der Waals surface area contributed by atoms with Gasteiger partial charge in [0.25, 0.3) is 0 Å².